The van der Waals surface area contributed by atoms with Gasteiger partial charge in [-0.05, 0) is 43.6 Å². The first kappa shape index (κ1) is 9.36. The molecule has 0 bridgehead atoms. The van der Waals surface area contributed by atoms with E-state index in [1.54, 1.807) is 0 Å². The van der Waals surface area contributed by atoms with Crippen molar-refractivity contribution >= 4 is 11.8 Å². The maximum absolute atomic E-state index is 5.08. The summed E-state index contributed by atoms with van der Waals surface area (Å²) in [7, 11) is 0. The van der Waals surface area contributed by atoms with Crippen LogP contribution in [0.15, 0.2) is 0 Å². The second kappa shape index (κ2) is 5.01. The number of rotatable bonds is 3. The summed E-state index contributed by atoms with van der Waals surface area (Å²) in [6, 6.07) is 0. The molecule has 0 spiro atoms. The van der Waals surface area contributed by atoms with Gasteiger partial charge in [0, 0.05) is 0 Å². The van der Waals surface area contributed by atoms with Crippen LogP contribution in [0.5, 0.6) is 0 Å². The minimum Gasteiger partial charge on any atom is -0.302 e. The lowest BCUT2D eigenvalue weighted by atomic mass is 9.99. The van der Waals surface area contributed by atoms with Crippen LogP contribution in [0.3, 0.4) is 0 Å². The molecule has 2 nitrogen and oxygen atoms in total. The fourth-order valence-corrected chi connectivity index (χ4v) is 2.69. The summed E-state index contributed by atoms with van der Waals surface area (Å²) in [4.78, 5) is 4.74. The summed E-state index contributed by atoms with van der Waals surface area (Å²) in [6.07, 6.45) is 4.09. The molecule has 1 aliphatic heterocycles. The third kappa shape index (κ3) is 3.45. The number of hydrogen-bond acceptors (Lipinski definition) is 3. The quantitative estimate of drug-likeness (QED) is 0.664. The lowest BCUT2D eigenvalue weighted by molar-refractivity contribution is 0.0497. The second-order valence-corrected chi connectivity index (χ2v) is 4.42. The van der Waals surface area contributed by atoms with Crippen LogP contribution in [0, 0.1) is 5.92 Å². The van der Waals surface area contributed by atoms with E-state index in [2.05, 4.69) is 11.8 Å². The Hall–Kier alpha value is 0.270. The van der Waals surface area contributed by atoms with Crippen molar-refractivity contribution in [3.8, 4) is 0 Å². The molecular weight excluding hydrogens is 158 g/mol. The Balaban J connectivity index is 2.13. The molecule has 1 saturated heterocycles. The molecule has 0 radical (unpaired) electrons. The Morgan fingerprint density at radius 3 is 3.09 bits per heavy atom. The highest BCUT2D eigenvalue weighted by Gasteiger charge is 2.16. The molecule has 0 aromatic carbocycles. The van der Waals surface area contributed by atoms with Gasteiger partial charge in [0.25, 0.3) is 0 Å². The van der Waals surface area contributed by atoms with E-state index in [0.717, 1.165) is 12.3 Å². The Kier molecular flexibility index (Phi) is 4.26. The average molecular weight is 175 g/mol. The van der Waals surface area contributed by atoms with Gasteiger partial charge in [-0.2, -0.15) is 11.8 Å². The molecule has 0 aliphatic carbocycles. The van der Waals surface area contributed by atoms with E-state index in [1.165, 1.54) is 24.3 Å². The Morgan fingerprint density at radius 1 is 1.73 bits per heavy atom. The van der Waals surface area contributed by atoms with Crippen molar-refractivity contribution in [1.82, 2.24) is 0 Å². The average Bonchev–Trinajstić information content (AvgIpc) is 2.06. The van der Waals surface area contributed by atoms with E-state index >= 15 is 0 Å². The normalized spacial score (nSPS) is 28.4. The van der Waals surface area contributed by atoms with Crippen molar-refractivity contribution in [3.05, 3.63) is 0 Å². The van der Waals surface area contributed by atoms with Gasteiger partial charge in [-0.15, -0.1) is 0 Å². The highest BCUT2D eigenvalue weighted by atomic mass is 32.2. The Labute approximate surface area is 72.8 Å². The van der Waals surface area contributed by atoms with Gasteiger partial charge in [0.15, 0.2) is 0 Å². The highest BCUT2D eigenvalue weighted by Crippen LogP contribution is 2.26. The molecule has 1 aliphatic rings. The molecular formula is C8H17NOS. The topological polar surface area (TPSA) is 35.2 Å². The van der Waals surface area contributed by atoms with Gasteiger partial charge < -0.3 is 4.84 Å². The van der Waals surface area contributed by atoms with Crippen LogP contribution in [0.4, 0.5) is 0 Å². The summed E-state index contributed by atoms with van der Waals surface area (Å²) in [6.45, 7) is 2.04. The van der Waals surface area contributed by atoms with E-state index in [9.17, 15) is 0 Å². The predicted molar refractivity (Wildman–Crippen MR) is 49.4 cm³/mol. The summed E-state index contributed by atoms with van der Waals surface area (Å²) in [5, 5.41) is 0. The predicted octanol–water partition coefficient (Wildman–Crippen LogP) is 1.80. The molecule has 2 unspecified atom stereocenters. The summed E-state index contributed by atoms with van der Waals surface area (Å²) >= 11 is 2.06. The fraction of sp³-hybridized carbons (Fsp3) is 1.00. The van der Waals surface area contributed by atoms with Crippen LogP contribution < -0.4 is 5.90 Å². The summed E-state index contributed by atoms with van der Waals surface area (Å²) in [5.41, 5.74) is 0. The minimum absolute atomic E-state index is 0.235. The maximum Gasteiger partial charge on any atom is 0.0762 e. The summed E-state index contributed by atoms with van der Waals surface area (Å²) in [5.74, 6) is 8.56. The van der Waals surface area contributed by atoms with E-state index < -0.39 is 0 Å². The Morgan fingerprint density at radius 2 is 2.55 bits per heavy atom. The van der Waals surface area contributed by atoms with Crippen molar-refractivity contribution in [2.45, 2.75) is 32.3 Å². The van der Waals surface area contributed by atoms with Crippen LogP contribution in [0.1, 0.15) is 26.2 Å². The molecule has 66 valence electrons. The van der Waals surface area contributed by atoms with E-state index in [4.69, 9.17) is 10.7 Å². The zero-order valence-electron chi connectivity index (χ0n) is 7.08. The molecule has 11 heavy (non-hydrogen) atoms. The first-order valence-electron chi connectivity index (χ1n) is 4.26. The second-order valence-electron chi connectivity index (χ2n) is 3.27. The molecule has 2 atom stereocenters. The first-order valence-corrected chi connectivity index (χ1v) is 5.41. The van der Waals surface area contributed by atoms with E-state index in [-0.39, 0.29) is 6.10 Å². The van der Waals surface area contributed by atoms with Gasteiger partial charge in [-0.1, -0.05) is 0 Å². The van der Waals surface area contributed by atoms with Gasteiger partial charge in [-0.3, -0.25) is 0 Å². The summed E-state index contributed by atoms with van der Waals surface area (Å²) < 4.78 is 0. The highest BCUT2D eigenvalue weighted by molar-refractivity contribution is 7.99. The standard InChI is InChI=1S/C8H17NOS/c1-7(10-9)5-8-3-2-4-11-6-8/h7-8H,2-6,9H2,1H3. The molecule has 1 rings (SSSR count). The fourth-order valence-electron chi connectivity index (χ4n) is 1.52. The third-order valence-corrected chi connectivity index (χ3v) is 3.44. The number of hydrogen-bond donors (Lipinski definition) is 1. The van der Waals surface area contributed by atoms with Gasteiger partial charge in [0.2, 0.25) is 0 Å². The minimum atomic E-state index is 0.235. The monoisotopic (exact) mass is 175 g/mol. The van der Waals surface area contributed by atoms with Crippen molar-refractivity contribution < 1.29 is 4.84 Å². The molecule has 0 saturated carbocycles. The third-order valence-electron chi connectivity index (χ3n) is 2.15. The van der Waals surface area contributed by atoms with Crippen LogP contribution in [-0.4, -0.2) is 17.6 Å². The van der Waals surface area contributed by atoms with Crippen molar-refractivity contribution in [2.75, 3.05) is 11.5 Å². The van der Waals surface area contributed by atoms with Crippen LogP contribution in [0.2, 0.25) is 0 Å². The zero-order valence-corrected chi connectivity index (χ0v) is 7.90. The SMILES string of the molecule is CC(CC1CCCSC1)ON. The van der Waals surface area contributed by atoms with Crippen molar-refractivity contribution in [2.24, 2.45) is 11.8 Å². The van der Waals surface area contributed by atoms with Crippen LogP contribution >= 0.6 is 11.8 Å². The number of thioether (sulfide) groups is 1. The van der Waals surface area contributed by atoms with Gasteiger partial charge in [0.1, 0.15) is 0 Å². The van der Waals surface area contributed by atoms with Crippen LogP contribution in [-0.2, 0) is 4.84 Å². The first-order chi connectivity index (χ1) is 5.33. The molecule has 3 heteroatoms. The van der Waals surface area contributed by atoms with Crippen molar-refractivity contribution in [3.63, 3.8) is 0 Å². The lowest BCUT2D eigenvalue weighted by Crippen LogP contribution is -2.21. The molecule has 0 aromatic rings. The molecule has 0 amide bonds. The van der Waals surface area contributed by atoms with Gasteiger partial charge in [-0.25, -0.2) is 5.90 Å². The van der Waals surface area contributed by atoms with E-state index in [0.29, 0.717) is 0 Å². The molecule has 1 fully saturated rings. The van der Waals surface area contributed by atoms with Crippen LogP contribution in [0.25, 0.3) is 0 Å². The number of nitrogens with two attached hydrogens (primary N) is 1. The Bertz CT molecular complexity index is 104. The van der Waals surface area contributed by atoms with Crippen molar-refractivity contribution in [1.29, 1.82) is 0 Å². The zero-order chi connectivity index (χ0) is 8.10. The van der Waals surface area contributed by atoms with Gasteiger partial charge >= 0.3 is 0 Å². The van der Waals surface area contributed by atoms with E-state index in [1.807, 2.05) is 6.92 Å². The lowest BCUT2D eigenvalue weighted by Gasteiger charge is -2.23. The largest absolute Gasteiger partial charge is 0.302 e. The smallest absolute Gasteiger partial charge is 0.0762 e. The molecule has 0 aromatic heterocycles. The molecule has 1 heterocycles. The molecule has 2 N–H and O–H groups in total. The van der Waals surface area contributed by atoms with Gasteiger partial charge in [0.05, 0.1) is 6.10 Å². The maximum atomic E-state index is 5.08.